The van der Waals surface area contributed by atoms with E-state index in [9.17, 15) is 14.4 Å². The highest BCUT2D eigenvalue weighted by molar-refractivity contribution is 6.03. The number of hydrogen-bond acceptors (Lipinski definition) is 5. The fourth-order valence-corrected chi connectivity index (χ4v) is 5.60. The van der Waals surface area contributed by atoms with Crippen molar-refractivity contribution < 1.29 is 19.1 Å². The first-order chi connectivity index (χ1) is 18.5. The van der Waals surface area contributed by atoms with Crippen LogP contribution in [0.4, 0.5) is 10.5 Å². The number of benzene rings is 1. The van der Waals surface area contributed by atoms with E-state index in [0.29, 0.717) is 11.4 Å². The highest BCUT2D eigenvalue weighted by Gasteiger charge is 2.43. The van der Waals surface area contributed by atoms with Gasteiger partial charge in [0.1, 0.15) is 17.3 Å². The summed E-state index contributed by atoms with van der Waals surface area (Å²) >= 11 is 0. The lowest BCUT2D eigenvalue weighted by atomic mass is 9.71. The first-order valence-corrected chi connectivity index (χ1v) is 14.2. The van der Waals surface area contributed by atoms with E-state index in [1.807, 2.05) is 58.9 Å². The summed E-state index contributed by atoms with van der Waals surface area (Å²) < 4.78 is 7.18. The Morgan fingerprint density at radius 1 is 1.00 bits per heavy atom. The Hall–Kier alpha value is -3.36. The molecule has 0 bridgehead atoms. The van der Waals surface area contributed by atoms with Crippen molar-refractivity contribution in [3.8, 4) is 0 Å². The third kappa shape index (κ3) is 6.99. The van der Waals surface area contributed by atoms with Gasteiger partial charge in [-0.25, -0.2) is 4.79 Å². The third-order valence-corrected chi connectivity index (χ3v) is 7.73. The van der Waals surface area contributed by atoms with Gasteiger partial charge in [-0.2, -0.15) is 5.10 Å². The summed E-state index contributed by atoms with van der Waals surface area (Å²) in [4.78, 5) is 39.2. The minimum absolute atomic E-state index is 0.0763. The number of alkyl carbamates (subject to hydrolysis) is 1. The Labute approximate surface area is 231 Å². The SMILES string of the molecule is CC(C)n1nccc1C(=O)Nc1ccc(C2(NC(=O)[C@H](NC(=O)OC(C)(C)C)C3CCCCC3)CCC2)cc1. The second kappa shape index (κ2) is 11.8. The number of amides is 3. The van der Waals surface area contributed by atoms with Gasteiger partial charge in [-0.05, 0) is 96.4 Å². The molecule has 2 aromatic rings. The Morgan fingerprint density at radius 3 is 2.23 bits per heavy atom. The van der Waals surface area contributed by atoms with E-state index in [4.69, 9.17) is 4.74 Å². The molecule has 1 aromatic heterocycles. The molecule has 39 heavy (non-hydrogen) atoms. The summed E-state index contributed by atoms with van der Waals surface area (Å²) in [5.74, 6) is -0.295. The van der Waals surface area contributed by atoms with E-state index in [2.05, 4.69) is 21.0 Å². The van der Waals surface area contributed by atoms with Crippen molar-refractivity contribution in [1.29, 1.82) is 0 Å². The van der Waals surface area contributed by atoms with E-state index >= 15 is 0 Å². The maximum atomic E-state index is 13.7. The molecule has 0 spiro atoms. The Kier molecular flexibility index (Phi) is 8.67. The van der Waals surface area contributed by atoms with Gasteiger partial charge in [-0.15, -0.1) is 0 Å². The van der Waals surface area contributed by atoms with Crippen LogP contribution in [0.25, 0.3) is 0 Å². The number of rotatable bonds is 8. The second-order valence-electron chi connectivity index (χ2n) is 12.2. The highest BCUT2D eigenvalue weighted by atomic mass is 16.6. The molecule has 1 aromatic carbocycles. The van der Waals surface area contributed by atoms with Crippen LogP contribution in [0.1, 0.15) is 108 Å². The summed E-state index contributed by atoms with van der Waals surface area (Å²) in [7, 11) is 0. The second-order valence-corrected chi connectivity index (χ2v) is 12.2. The molecule has 0 saturated heterocycles. The van der Waals surface area contributed by atoms with Crippen LogP contribution in [0, 0.1) is 5.92 Å². The van der Waals surface area contributed by atoms with Crippen LogP contribution in [0.3, 0.4) is 0 Å². The zero-order chi connectivity index (χ0) is 28.2. The quantitative estimate of drug-likeness (QED) is 0.401. The van der Waals surface area contributed by atoms with Gasteiger partial charge in [0.25, 0.3) is 5.91 Å². The van der Waals surface area contributed by atoms with Gasteiger partial charge in [0.15, 0.2) is 0 Å². The van der Waals surface area contributed by atoms with Gasteiger partial charge in [0.05, 0.1) is 5.54 Å². The summed E-state index contributed by atoms with van der Waals surface area (Å²) in [6.45, 7) is 9.41. The number of anilines is 1. The van der Waals surface area contributed by atoms with Crippen LogP contribution >= 0.6 is 0 Å². The summed E-state index contributed by atoms with van der Waals surface area (Å²) in [6.07, 6.45) is 8.80. The van der Waals surface area contributed by atoms with Crippen molar-refractivity contribution in [2.75, 3.05) is 5.32 Å². The molecule has 3 N–H and O–H groups in total. The molecule has 0 unspecified atom stereocenters. The lowest BCUT2D eigenvalue weighted by Gasteiger charge is -2.44. The molecule has 0 radical (unpaired) electrons. The zero-order valence-electron chi connectivity index (χ0n) is 23.9. The smallest absolute Gasteiger partial charge is 0.408 e. The van der Waals surface area contributed by atoms with Gasteiger partial charge < -0.3 is 20.7 Å². The van der Waals surface area contributed by atoms with Gasteiger partial charge in [0, 0.05) is 17.9 Å². The van der Waals surface area contributed by atoms with Crippen LogP contribution in [0.2, 0.25) is 0 Å². The van der Waals surface area contributed by atoms with E-state index in [0.717, 1.165) is 56.9 Å². The molecule has 1 heterocycles. The monoisotopic (exact) mass is 537 g/mol. The predicted molar refractivity (Wildman–Crippen MR) is 150 cm³/mol. The molecule has 2 aliphatic carbocycles. The van der Waals surface area contributed by atoms with Gasteiger partial charge in [-0.1, -0.05) is 31.4 Å². The van der Waals surface area contributed by atoms with E-state index in [-0.39, 0.29) is 23.8 Å². The average molecular weight is 538 g/mol. The molecule has 3 amide bonds. The molecule has 9 heteroatoms. The fourth-order valence-electron chi connectivity index (χ4n) is 5.60. The molecule has 1 atom stereocenters. The predicted octanol–water partition coefficient (Wildman–Crippen LogP) is 5.69. The van der Waals surface area contributed by atoms with Gasteiger partial charge in [-0.3, -0.25) is 14.3 Å². The zero-order valence-corrected chi connectivity index (χ0v) is 23.9. The van der Waals surface area contributed by atoms with Crippen LogP contribution in [-0.2, 0) is 15.1 Å². The van der Waals surface area contributed by atoms with Crippen molar-refractivity contribution in [2.24, 2.45) is 5.92 Å². The van der Waals surface area contributed by atoms with Crippen molar-refractivity contribution in [3.05, 3.63) is 47.8 Å². The first kappa shape index (κ1) is 28.6. The highest BCUT2D eigenvalue weighted by Crippen LogP contribution is 2.42. The molecular weight excluding hydrogens is 494 g/mol. The number of carbonyl (C=O) groups is 3. The summed E-state index contributed by atoms with van der Waals surface area (Å²) in [6, 6.07) is 8.81. The largest absolute Gasteiger partial charge is 0.444 e. The van der Waals surface area contributed by atoms with Crippen LogP contribution in [0.15, 0.2) is 36.5 Å². The minimum Gasteiger partial charge on any atom is -0.444 e. The first-order valence-electron chi connectivity index (χ1n) is 14.2. The van der Waals surface area contributed by atoms with Crippen molar-refractivity contribution in [1.82, 2.24) is 20.4 Å². The number of nitrogens with zero attached hydrogens (tertiary/aromatic N) is 2. The number of ether oxygens (including phenoxy) is 1. The number of carbonyl (C=O) groups excluding carboxylic acids is 3. The maximum Gasteiger partial charge on any atom is 0.408 e. The van der Waals surface area contributed by atoms with Crippen molar-refractivity contribution in [2.45, 2.75) is 109 Å². The Balaban J connectivity index is 1.46. The average Bonchev–Trinajstić information content (AvgIpc) is 3.35. The minimum atomic E-state index is -0.640. The lowest BCUT2D eigenvalue weighted by molar-refractivity contribution is -0.128. The molecular formula is C30H43N5O4. The van der Waals surface area contributed by atoms with Crippen molar-refractivity contribution >= 4 is 23.6 Å². The van der Waals surface area contributed by atoms with Gasteiger partial charge in [0.2, 0.25) is 5.91 Å². The number of aromatic nitrogens is 2. The normalized spacial score (nSPS) is 18.1. The van der Waals surface area contributed by atoms with E-state index in [1.54, 1.807) is 16.9 Å². The molecule has 0 aliphatic heterocycles. The number of nitrogens with one attached hydrogen (secondary N) is 3. The molecule has 9 nitrogen and oxygen atoms in total. The topological polar surface area (TPSA) is 114 Å². The fraction of sp³-hybridized carbons (Fsp3) is 0.600. The summed E-state index contributed by atoms with van der Waals surface area (Å²) in [5, 5.41) is 13.4. The Morgan fingerprint density at radius 2 is 1.67 bits per heavy atom. The molecule has 212 valence electrons. The number of hydrogen-bond donors (Lipinski definition) is 3. The van der Waals surface area contributed by atoms with E-state index < -0.39 is 23.3 Å². The lowest BCUT2D eigenvalue weighted by Crippen LogP contribution is -2.59. The molecule has 4 rings (SSSR count). The van der Waals surface area contributed by atoms with Crippen LogP contribution in [0.5, 0.6) is 0 Å². The molecule has 2 aliphatic rings. The van der Waals surface area contributed by atoms with E-state index in [1.165, 1.54) is 0 Å². The molecule has 2 saturated carbocycles. The van der Waals surface area contributed by atoms with Crippen LogP contribution < -0.4 is 16.0 Å². The maximum absolute atomic E-state index is 13.7. The summed E-state index contributed by atoms with van der Waals surface area (Å²) in [5.41, 5.74) is 1.04. The van der Waals surface area contributed by atoms with Crippen molar-refractivity contribution in [3.63, 3.8) is 0 Å². The third-order valence-electron chi connectivity index (χ3n) is 7.73. The molecule has 2 fully saturated rings. The van der Waals surface area contributed by atoms with Crippen LogP contribution in [-0.4, -0.2) is 39.3 Å². The Bertz CT molecular complexity index is 1150. The van der Waals surface area contributed by atoms with Gasteiger partial charge >= 0.3 is 6.09 Å². The standard InChI is InChI=1S/C30H43N5O4/c1-20(2)35-24(16-19-31-35)26(36)32-23-14-12-22(13-15-23)30(17-9-18-30)34-27(37)25(21-10-7-6-8-11-21)33-28(38)39-29(3,4)5/h12-16,19-21,25H,6-11,17-18H2,1-5H3,(H,32,36)(H,33,38)(H,34,37)/t25-/m1/s1.